The molecule has 4 N–H and O–H groups in total. The second-order valence-electron chi connectivity index (χ2n) is 8.30. The van der Waals surface area contributed by atoms with E-state index < -0.39 is 34.5 Å². The summed E-state index contributed by atoms with van der Waals surface area (Å²) in [5.41, 5.74) is 2.96. The predicted molar refractivity (Wildman–Crippen MR) is 142 cm³/mol. The minimum Gasteiger partial charge on any atom is -0.481 e. The van der Waals surface area contributed by atoms with Gasteiger partial charge in [-0.2, -0.15) is 0 Å². The third-order valence-electron chi connectivity index (χ3n) is 5.52. The van der Waals surface area contributed by atoms with Gasteiger partial charge in [-0.3, -0.25) is 14.8 Å². The van der Waals surface area contributed by atoms with Crippen molar-refractivity contribution in [3.05, 3.63) is 109 Å². The predicted octanol–water partition coefficient (Wildman–Crippen LogP) is 3.96. The van der Waals surface area contributed by atoms with Gasteiger partial charge in [-0.25, -0.2) is 17.9 Å². The molecular weight excluding hydrogens is 506 g/mol. The fraction of sp³-hybridized carbons (Fsp3) is 0.111. The maximum atomic E-state index is 13.2. The van der Waals surface area contributed by atoms with Gasteiger partial charge in [0, 0.05) is 24.3 Å². The molecule has 11 heteroatoms. The lowest BCUT2D eigenvalue weighted by molar-refractivity contribution is -0.137. The van der Waals surface area contributed by atoms with Crippen molar-refractivity contribution in [2.24, 2.45) is 0 Å². The highest BCUT2D eigenvalue weighted by Gasteiger charge is 2.24. The Morgan fingerprint density at radius 3 is 2.39 bits per heavy atom. The number of rotatable bonds is 10. The van der Waals surface area contributed by atoms with E-state index in [-0.39, 0.29) is 11.4 Å². The van der Waals surface area contributed by atoms with Gasteiger partial charge in [0.25, 0.3) is 0 Å². The van der Waals surface area contributed by atoms with Crippen LogP contribution in [0, 0.1) is 0 Å². The zero-order chi connectivity index (χ0) is 27.0. The van der Waals surface area contributed by atoms with Crippen molar-refractivity contribution in [2.45, 2.75) is 23.9 Å². The number of carbonyl (C=O) groups is 2. The Labute approximate surface area is 219 Å². The Morgan fingerprint density at radius 1 is 0.895 bits per heavy atom. The van der Waals surface area contributed by atoms with E-state index in [0.717, 1.165) is 5.69 Å². The summed E-state index contributed by atoms with van der Waals surface area (Å²) in [7, 11) is -4.07. The van der Waals surface area contributed by atoms with E-state index in [0.29, 0.717) is 22.4 Å². The summed E-state index contributed by atoms with van der Waals surface area (Å²) in [4.78, 5) is 31.8. The fourth-order valence-electron chi connectivity index (χ4n) is 3.71. The molecule has 0 aliphatic carbocycles. The number of aromatic nitrogens is 2. The van der Waals surface area contributed by atoms with E-state index >= 15 is 0 Å². The number of urea groups is 1. The molecule has 0 saturated heterocycles. The van der Waals surface area contributed by atoms with Crippen LogP contribution in [0.25, 0.3) is 11.1 Å². The lowest BCUT2D eigenvalue weighted by Crippen LogP contribution is -2.30. The van der Waals surface area contributed by atoms with Gasteiger partial charge in [-0.05, 0) is 59.2 Å². The van der Waals surface area contributed by atoms with Crippen LogP contribution < -0.4 is 15.4 Å². The molecule has 4 aromatic rings. The van der Waals surface area contributed by atoms with E-state index in [4.69, 9.17) is 0 Å². The average molecular weight is 532 g/mol. The number of carboxylic acid groups (broad SMARTS) is 1. The number of pyridine rings is 2. The lowest BCUT2D eigenvalue weighted by atomic mass is 10.1. The quantitative estimate of drug-likeness (QED) is 0.242. The third-order valence-corrected chi connectivity index (χ3v) is 6.99. The van der Waals surface area contributed by atoms with Crippen LogP contribution in [-0.4, -0.2) is 35.5 Å². The van der Waals surface area contributed by atoms with Gasteiger partial charge in [0.1, 0.15) is 0 Å². The summed E-state index contributed by atoms with van der Waals surface area (Å²) in [5.74, 6) is -1.15. The maximum absolute atomic E-state index is 13.2. The van der Waals surface area contributed by atoms with Crippen LogP contribution in [0.15, 0.2) is 102 Å². The molecule has 0 spiro atoms. The molecule has 0 aliphatic rings. The van der Waals surface area contributed by atoms with Crippen LogP contribution in [-0.2, 0) is 21.4 Å². The van der Waals surface area contributed by atoms with Crippen molar-refractivity contribution in [1.29, 1.82) is 0 Å². The first-order chi connectivity index (χ1) is 18.3. The molecule has 38 heavy (non-hydrogen) atoms. The molecule has 0 aliphatic heterocycles. The summed E-state index contributed by atoms with van der Waals surface area (Å²) in [5, 5.41) is 14.8. The van der Waals surface area contributed by atoms with Crippen LogP contribution in [0.3, 0.4) is 0 Å². The summed E-state index contributed by atoms with van der Waals surface area (Å²) >= 11 is 0. The molecule has 2 aromatic carbocycles. The topological polar surface area (TPSA) is 150 Å². The molecular formula is C27H25N5O5S. The number of sulfonamides is 1. The molecule has 0 fully saturated rings. The molecule has 4 rings (SSSR count). The zero-order valence-electron chi connectivity index (χ0n) is 20.1. The Kier molecular flexibility index (Phi) is 8.41. The molecule has 1 atom stereocenters. The van der Waals surface area contributed by atoms with Gasteiger partial charge in [-0.15, -0.1) is 0 Å². The van der Waals surface area contributed by atoms with Gasteiger partial charge < -0.3 is 15.7 Å². The van der Waals surface area contributed by atoms with Crippen LogP contribution >= 0.6 is 0 Å². The van der Waals surface area contributed by atoms with Gasteiger partial charge >= 0.3 is 12.0 Å². The summed E-state index contributed by atoms with van der Waals surface area (Å²) in [6.07, 6.45) is 4.15. The van der Waals surface area contributed by atoms with E-state index in [1.165, 1.54) is 24.5 Å². The number of anilines is 1. The number of amides is 2. The summed E-state index contributed by atoms with van der Waals surface area (Å²) in [6.45, 7) is 0.265. The van der Waals surface area contributed by atoms with Crippen LogP contribution in [0.2, 0.25) is 0 Å². The van der Waals surface area contributed by atoms with Gasteiger partial charge in [-0.1, -0.05) is 36.4 Å². The number of hydrogen-bond donors (Lipinski definition) is 4. The first-order valence-corrected chi connectivity index (χ1v) is 13.1. The zero-order valence-corrected chi connectivity index (χ0v) is 20.9. The number of carbonyl (C=O) groups excluding carboxylic acids is 1. The lowest BCUT2D eigenvalue weighted by Gasteiger charge is -2.17. The van der Waals surface area contributed by atoms with Crippen LogP contribution in [0.1, 0.15) is 23.7 Å². The molecule has 2 aromatic heterocycles. The molecule has 0 bridgehead atoms. The van der Waals surface area contributed by atoms with E-state index in [1.54, 1.807) is 66.9 Å². The number of benzene rings is 2. The molecule has 10 nitrogen and oxygen atoms in total. The minimum atomic E-state index is -4.07. The number of nitrogens with one attached hydrogen (secondary N) is 3. The maximum Gasteiger partial charge on any atom is 0.319 e. The van der Waals surface area contributed by atoms with Crippen molar-refractivity contribution < 1.29 is 23.1 Å². The monoisotopic (exact) mass is 531 g/mol. The molecule has 0 saturated carbocycles. The van der Waals surface area contributed by atoms with Crippen LogP contribution in [0.4, 0.5) is 10.5 Å². The van der Waals surface area contributed by atoms with Crippen molar-refractivity contribution in [1.82, 2.24) is 20.0 Å². The highest BCUT2D eigenvalue weighted by molar-refractivity contribution is 7.89. The smallest absolute Gasteiger partial charge is 0.319 e. The van der Waals surface area contributed by atoms with Gasteiger partial charge in [0.2, 0.25) is 10.0 Å². The Balaban J connectivity index is 1.49. The molecule has 2 heterocycles. The molecule has 2 amide bonds. The highest BCUT2D eigenvalue weighted by atomic mass is 32.2. The molecule has 1 unspecified atom stereocenters. The first-order valence-electron chi connectivity index (χ1n) is 11.6. The Hall–Kier alpha value is -4.61. The van der Waals surface area contributed by atoms with E-state index in [2.05, 4.69) is 25.3 Å². The van der Waals surface area contributed by atoms with Gasteiger partial charge in [0.05, 0.1) is 29.6 Å². The highest BCUT2D eigenvalue weighted by Crippen LogP contribution is 2.26. The normalized spacial score (nSPS) is 11.9. The number of nitrogens with zero attached hydrogens (tertiary/aromatic N) is 2. The summed E-state index contributed by atoms with van der Waals surface area (Å²) < 4.78 is 28.9. The largest absolute Gasteiger partial charge is 0.481 e. The van der Waals surface area contributed by atoms with Crippen molar-refractivity contribution in [3.8, 4) is 11.1 Å². The molecule has 194 valence electrons. The Bertz CT molecular complexity index is 1520. The standard InChI is InChI=1S/C27H25N5O5S/c33-26(34)16-25(21-8-5-12-28-17-21)32-38(36,37)24-11-4-7-20(15-24)19-6-3-10-22(14-19)31-27(35)30-18-23-9-1-2-13-29-23/h1-15,17,25,32H,16,18H2,(H,33,34)(H2,30,31,35). The summed E-state index contributed by atoms with van der Waals surface area (Å²) in [6, 6.07) is 20.5. The number of hydrogen-bond acceptors (Lipinski definition) is 6. The Morgan fingerprint density at radius 2 is 1.68 bits per heavy atom. The fourth-order valence-corrected chi connectivity index (χ4v) is 4.98. The average Bonchev–Trinajstić information content (AvgIpc) is 2.92. The van der Waals surface area contributed by atoms with Crippen molar-refractivity contribution in [3.63, 3.8) is 0 Å². The number of carboxylic acids is 1. The van der Waals surface area contributed by atoms with Crippen molar-refractivity contribution >= 4 is 27.7 Å². The first kappa shape index (κ1) is 26.5. The minimum absolute atomic E-state index is 0.0271. The van der Waals surface area contributed by atoms with E-state index in [1.807, 2.05) is 6.07 Å². The second-order valence-corrected chi connectivity index (χ2v) is 10.0. The van der Waals surface area contributed by atoms with Crippen LogP contribution in [0.5, 0.6) is 0 Å². The third kappa shape index (κ3) is 7.21. The SMILES string of the molecule is O=C(O)CC(NS(=O)(=O)c1cccc(-c2cccc(NC(=O)NCc3ccccn3)c2)c1)c1cccnc1. The number of aliphatic carboxylic acids is 1. The van der Waals surface area contributed by atoms with E-state index in [9.17, 15) is 23.1 Å². The van der Waals surface area contributed by atoms with Crippen molar-refractivity contribution in [2.75, 3.05) is 5.32 Å². The molecule has 0 radical (unpaired) electrons. The van der Waals surface area contributed by atoms with Gasteiger partial charge in [0.15, 0.2) is 0 Å². The second kappa shape index (κ2) is 12.1.